The summed E-state index contributed by atoms with van der Waals surface area (Å²) in [7, 11) is 0. The summed E-state index contributed by atoms with van der Waals surface area (Å²) in [5.41, 5.74) is 3.21. The second kappa shape index (κ2) is 5.15. The van der Waals surface area contributed by atoms with Gasteiger partial charge in [-0.05, 0) is 54.9 Å². The van der Waals surface area contributed by atoms with Gasteiger partial charge in [-0.15, -0.1) is 11.8 Å². The van der Waals surface area contributed by atoms with Crippen molar-refractivity contribution in [2.24, 2.45) is 0 Å². The van der Waals surface area contributed by atoms with Crippen molar-refractivity contribution in [1.82, 2.24) is 9.55 Å². The van der Waals surface area contributed by atoms with Gasteiger partial charge in [-0.3, -0.25) is 4.57 Å². The number of fused-ring (bicyclic) bond motifs is 1. The summed E-state index contributed by atoms with van der Waals surface area (Å²) >= 11 is 10.7. The minimum Gasteiger partial charge on any atom is -0.330 e. The first-order chi connectivity index (χ1) is 9.19. The molecule has 1 N–H and O–H groups in total. The molecular weight excluding hydrogens is 340 g/mol. The molecule has 0 spiro atoms. The Morgan fingerprint density at radius 1 is 1.21 bits per heavy atom. The van der Waals surface area contributed by atoms with Crippen LogP contribution >= 0.6 is 39.9 Å². The van der Waals surface area contributed by atoms with Gasteiger partial charge in [0.15, 0.2) is 4.77 Å². The Labute approximate surface area is 129 Å². The van der Waals surface area contributed by atoms with E-state index in [0.717, 1.165) is 21.2 Å². The molecular formula is C14H11BrN2S2. The summed E-state index contributed by atoms with van der Waals surface area (Å²) in [5, 5.41) is 0. The lowest BCUT2D eigenvalue weighted by atomic mass is 10.3. The van der Waals surface area contributed by atoms with Crippen molar-refractivity contribution < 1.29 is 0 Å². The third-order valence-corrected chi connectivity index (χ3v) is 4.46. The summed E-state index contributed by atoms with van der Waals surface area (Å²) in [6.07, 6.45) is 2.07. The largest absolute Gasteiger partial charge is 0.330 e. The van der Waals surface area contributed by atoms with Gasteiger partial charge in [-0.1, -0.05) is 22.0 Å². The van der Waals surface area contributed by atoms with Crippen LogP contribution in [0.5, 0.6) is 0 Å². The van der Waals surface area contributed by atoms with Crippen molar-refractivity contribution in [3.05, 3.63) is 51.7 Å². The lowest BCUT2D eigenvalue weighted by Crippen LogP contribution is -1.93. The molecule has 1 aromatic heterocycles. The maximum absolute atomic E-state index is 5.44. The van der Waals surface area contributed by atoms with Crippen molar-refractivity contribution in [2.45, 2.75) is 4.90 Å². The summed E-state index contributed by atoms with van der Waals surface area (Å²) in [5.74, 6) is 0. The van der Waals surface area contributed by atoms with Gasteiger partial charge in [-0.2, -0.15) is 0 Å². The van der Waals surface area contributed by atoms with Gasteiger partial charge >= 0.3 is 0 Å². The zero-order chi connectivity index (χ0) is 13.4. The molecule has 0 saturated heterocycles. The summed E-state index contributed by atoms with van der Waals surface area (Å²) < 4.78 is 3.82. The van der Waals surface area contributed by atoms with E-state index in [4.69, 9.17) is 12.2 Å². The Morgan fingerprint density at radius 2 is 2.05 bits per heavy atom. The number of thioether (sulfide) groups is 1. The Kier molecular flexibility index (Phi) is 3.52. The molecule has 0 atom stereocenters. The molecule has 0 aliphatic rings. The molecule has 0 unspecified atom stereocenters. The number of benzene rings is 2. The van der Waals surface area contributed by atoms with Gasteiger partial charge in [-0.25, -0.2) is 0 Å². The Hall–Kier alpha value is -1.04. The molecule has 0 bridgehead atoms. The van der Waals surface area contributed by atoms with Crippen LogP contribution in [0.25, 0.3) is 16.7 Å². The molecule has 0 aliphatic carbocycles. The lowest BCUT2D eigenvalue weighted by Gasteiger charge is -2.06. The van der Waals surface area contributed by atoms with Crippen LogP contribution in [0.4, 0.5) is 0 Å². The minimum atomic E-state index is 0.714. The number of rotatable bonds is 2. The van der Waals surface area contributed by atoms with Crippen LogP contribution in [0.1, 0.15) is 0 Å². The van der Waals surface area contributed by atoms with Crippen LogP contribution in [0.3, 0.4) is 0 Å². The minimum absolute atomic E-state index is 0.714. The number of nitrogens with zero attached hydrogens (tertiary/aromatic N) is 1. The molecule has 3 aromatic rings. The Morgan fingerprint density at radius 3 is 2.84 bits per heavy atom. The molecule has 0 aliphatic heterocycles. The smallest absolute Gasteiger partial charge is 0.182 e. The number of aromatic amines is 1. The van der Waals surface area contributed by atoms with Crippen LogP contribution in [0, 0.1) is 4.77 Å². The van der Waals surface area contributed by atoms with E-state index in [1.165, 1.54) is 4.90 Å². The van der Waals surface area contributed by atoms with Crippen LogP contribution in [0.15, 0.2) is 51.8 Å². The van der Waals surface area contributed by atoms with Crippen LogP contribution in [0.2, 0.25) is 0 Å². The maximum atomic E-state index is 5.44. The molecule has 2 aromatic carbocycles. The van der Waals surface area contributed by atoms with Gasteiger partial charge in [0, 0.05) is 15.1 Å². The number of imidazole rings is 1. The van der Waals surface area contributed by atoms with Gasteiger partial charge in [0.05, 0.1) is 11.0 Å². The third-order valence-electron chi connectivity index (χ3n) is 2.96. The number of H-pyrrole nitrogens is 1. The monoisotopic (exact) mass is 350 g/mol. The van der Waals surface area contributed by atoms with E-state index in [0.29, 0.717) is 4.77 Å². The van der Waals surface area contributed by atoms with E-state index in [-0.39, 0.29) is 0 Å². The summed E-state index contributed by atoms with van der Waals surface area (Å²) in [6.45, 7) is 0. The zero-order valence-electron chi connectivity index (χ0n) is 10.2. The quantitative estimate of drug-likeness (QED) is 0.508. The normalized spacial score (nSPS) is 11.1. The highest BCUT2D eigenvalue weighted by molar-refractivity contribution is 9.10. The maximum Gasteiger partial charge on any atom is 0.182 e. The van der Waals surface area contributed by atoms with E-state index in [2.05, 4.69) is 62.1 Å². The summed E-state index contributed by atoms with van der Waals surface area (Å²) in [4.78, 5) is 4.47. The molecule has 96 valence electrons. The van der Waals surface area contributed by atoms with Crippen molar-refractivity contribution in [1.29, 1.82) is 0 Å². The van der Waals surface area contributed by atoms with Crippen molar-refractivity contribution >= 4 is 50.9 Å². The Bertz CT molecular complexity index is 805. The first-order valence-corrected chi connectivity index (χ1v) is 8.16. The molecule has 0 saturated carbocycles. The van der Waals surface area contributed by atoms with E-state index in [1.807, 2.05) is 12.1 Å². The standard InChI is InChI=1S/C14H11BrN2S2/c1-19-11-4-2-3-10(8-11)17-13-6-5-9(15)7-12(13)16-14(17)18/h2-8H,1H3,(H,16,18). The van der Waals surface area contributed by atoms with Gasteiger partial charge in [0.1, 0.15) is 0 Å². The molecule has 0 fully saturated rings. The summed E-state index contributed by atoms with van der Waals surface area (Å²) in [6, 6.07) is 14.5. The Balaban J connectivity index is 2.29. The van der Waals surface area contributed by atoms with E-state index in [9.17, 15) is 0 Å². The fraction of sp³-hybridized carbons (Fsp3) is 0.0714. The highest BCUT2D eigenvalue weighted by Gasteiger charge is 2.07. The molecule has 0 radical (unpaired) electrons. The SMILES string of the molecule is CSc1cccc(-n2c(=S)[nH]c3cc(Br)ccc32)c1. The predicted molar refractivity (Wildman–Crippen MR) is 87.9 cm³/mol. The van der Waals surface area contributed by atoms with E-state index in [1.54, 1.807) is 11.8 Å². The van der Waals surface area contributed by atoms with E-state index < -0.39 is 0 Å². The fourth-order valence-electron chi connectivity index (χ4n) is 2.09. The van der Waals surface area contributed by atoms with Gasteiger partial charge < -0.3 is 4.98 Å². The average molecular weight is 351 g/mol. The topological polar surface area (TPSA) is 20.7 Å². The van der Waals surface area contributed by atoms with Gasteiger partial charge in [0.25, 0.3) is 0 Å². The highest BCUT2D eigenvalue weighted by atomic mass is 79.9. The number of hydrogen-bond donors (Lipinski definition) is 1. The van der Waals surface area contributed by atoms with Crippen molar-refractivity contribution in [3.63, 3.8) is 0 Å². The zero-order valence-corrected chi connectivity index (χ0v) is 13.4. The van der Waals surface area contributed by atoms with Crippen LogP contribution in [-0.2, 0) is 0 Å². The fourth-order valence-corrected chi connectivity index (χ4v) is 3.22. The number of nitrogens with one attached hydrogen (secondary N) is 1. The first kappa shape index (κ1) is 13.0. The average Bonchev–Trinajstić information content (AvgIpc) is 2.73. The second-order valence-corrected chi connectivity index (χ2v) is 6.31. The van der Waals surface area contributed by atoms with E-state index >= 15 is 0 Å². The number of aromatic nitrogens is 2. The molecule has 1 heterocycles. The number of halogens is 1. The molecule has 0 amide bonds. The third kappa shape index (κ3) is 2.38. The molecule has 5 heteroatoms. The molecule has 2 nitrogen and oxygen atoms in total. The lowest BCUT2D eigenvalue weighted by molar-refractivity contribution is 1.06. The van der Waals surface area contributed by atoms with Crippen molar-refractivity contribution in [2.75, 3.05) is 6.26 Å². The highest BCUT2D eigenvalue weighted by Crippen LogP contribution is 2.25. The van der Waals surface area contributed by atoms with Crippen molar-refractivity contribution in [3.8, 4) is 5.69 Å². The van der Waals surface area contributed by atoms with Crippen LogP contribution < -0.4 is 0 Å². The second-order valence-electron chi connectivity index (χ2n) is 4.13. The molecule has 19 heavy (non-hydrogen) atoms. The predicted octanol–water partition coefficient (Wildman–Crippen LogP) is 5.17. The number of hydrogen-bond acceptors (Lipinski definition) is 2. The van der Waals surface area contributed by atoms with Crippen LogP contribution in [-0.4, -0.2) is 15.8 Å². The molecule has 3 rings (SSSR count). The first-order valence-electron chi connectivity index (χ1n) is 5.74. The van der Waals surface area contributed by atoms with Gasteiger partial charge in [0.2, 0.25) is 0 Å².